The zero-order chi connectivity index (χ0) is 16.4. The van der Waals surface area contributed by atoms with E-state index in [1.54, 1.807) is 12.3 Å². The molecular formula is C17H19N3O4. The first-order valence-electron chi connectivity index (χ1n) is 7.99. The first-order chi connectivity index (χ1) is 11.8. The average Bonchev–Trinajstić information content (AvgIpc) is 3.31. The average molecular weight is 329 g/mol. The van der Waals surface area contributed by atoms with Crippen LogP contribution in [0.5, 0.6) is 11.5 Å². The van der Waals surface area contributed by atoms with Crippen LogP contribution in [0.25, 0.3) is 0 Å². The number of carbonyl (C=O) groups is 1. The lowest BCUT2D eigenvalue weighted by Crippen LogP contribution is -2.34. The second kappa shape index (κ2) is 6.54. The third kappa shape index (κ3) is 2.95. The molecule has 24 heavy (non-hydrogen) atoms. The number of benzene rings is 1. The molecule has 1 fully saturated rings. The van der Waals surface area contributed by atoms with Crippen molar-refractivity contribution in [1.82, 2.24) is 16.2 Å². The molecule has 2 atom stereocenters. The van der Waals surface area contributed by atoms with Gasteiger partial charge in [-0.05, 0) is 29.8 Å². The van der Waals surface area contributed by atoms with Gasteiger partial charge in [0.2, 0.25) is 5.91 Å². The van der Waals surface area contributed by atoms with Crippen LogP contribution < -0.4 is 25.6 Å². The van der Waals surface area contributed by atoms with Crippen LogP contribution in [0.3, 0.4) is 0 Å². The van der Waals surface area contributed by atoms with Crippen LogP contribution in [0.15, 0.2) is 41.0 Å². The number of amides is 1. The summed E-state index contributed by atoms with van der Waals surface area (Å²) in [6, 6.07) is 9.30. The number of ether oxygens (including phenoxy) is 2. The lowest BCUT2D eigenvalue weighted by atomic mass is 9.94. The van der Waals surface area contributed by atoms with Crippen LogP contribution in [-0.2, 0) is 11.3 Å². The molecule has 0 aliphatic carbocycles. The quantitative estimate of drug-likeness (QED) is 0.780. The number of hydrogen-bond acceptors (Lipinski definition) is 6. The number of hydrazine groups is 1. The largest absolute Gasteiger partial charge is 0.486 e. The minimum Gasteiger partial charge on any atom is -0.486 e. The summed E-state index contributed by atoms with van der Waals surface area (Å²) in [5.41, 5.74) is 7.23. The van der Waals surface area contributed by atoms with E-state index < -0.39 is 0 Å². The molecule has 0 saturated carbocycles. The summed E-state index contributed by atoms with van der Waals surface area (Å²) in [4.78, 5) is 12.5. The van der Waals surface area contributed by atoms with Gasteiger partial charge in [-0.2, -0.15) is 0 Å². The predicted octanol–water partition coefficient (Wildman–Crippen LogP) is 1.13. The van der Waals surface area contributed by atoms with Crippen LogP contribution in [0.1, 0.15) is 17.4 Å². The lowest BCUT2D eigenvalue weighted by molar-refractivity contribution is -0.125. The van der Waals surface area contributed by atoms with Crippen LogP contribution in [0.4, 0.5) is 0 Å². The molecule has 3 N–H and O–H groups in total. The minimum atomic E-state index is -0.220. The second-order valence-electron chi connectivity index (χ2n) is 5.81. The predicted molar refractivity (Wildman–Crippen MR) is 85.4 cm³/mol. The molecular weight excluding hydrogens is 310 g/mol. The van der Waals surface area contributed by atoms with Crippen LogP contribution >= 0.6 is 0 Å². The van der Waals surface area contributed by atoms with E-state index in [2.05, 4.69) is 16.2 Å². The minimum absolute atomic E-state index is 0.0243. The van der Waals surface area contributed by atoms with Gasteiger partial charge in [0.15, 0.2) is 11.5 Å². The maximum atomic E-state index is 12.5. The normalized spacial score (nSPS) is 22.3. The Labute approximate surface area is 139 Å². The number of rotatable bonds is 4. The van der Waals surface area contributed by atoms with Crippen molar-refractivity contribution in [3.63, 3.8) is 0 Å². The Morgan fingerprint density at radius 3 is 2.92 bits per heavy atom. The summed E-state index contributed by atoms with van der Waals surface area (Å²) in [7, 11) is 0. The van der Waals surface area contributed by atoms with Gasteiger partial charge >= 0.3 is 0 Å². The molecule has 2 unspecified atom stereocenters. The van der Waals surface area contributed by atoms with E-state index in [1.165, 1.54) is 0 Å². The van der Waals surface area contributed by atoms with Gasteiger partial charge in [-0.3, -0.25) is 10.2 Å². The smallest absolute Gasteiger partial charge is 0.226 e. The van der Waals surface area contributed by atoms with Gasteiger partial charge in [0, 0.05) is 6.54 Å². The highest BCUT2D eigenvalue weighted by Gasteiger charge is 2.34. The van der Waals surface area contributed by atoms with Gasteiger partial charge in [0.1, 0.15) is 19.0 Å². The Kier molecular flexibility index (Phi) is 4.10. The summed E-state index contributed by atoms with van der Waals surface area (Å²) in [6.07, 6.45) is 1.60. The molecule has 7 nitrogen and oxygen atoms in total. The number of nitrogens with one attached hydrogen (secondary N) is 3. The summed E-state index contributed by atoms with van der Waals surface area (Å²) in [5.74, 6) is 1.96. The van der Waals surface area contributed by atoms with Gasteiger partial charge in [-0.1, -0.05) is 6.07 Å². The van der Waals surface area contributed by atoms with E-state index >= 15 is 0 Å². The first-order valence-corrected chi connectivity index (χ1v) is 7.99. The Morgan fingerprint density at radius 2 is 2.08 bits per heavy atom. The molecule has 126 valence electrons. The molecule has 7 heteroatoms. The van der Waals surface area contributed by atoms with E-state index in [9.17, 15) is 4.79 Å². The van der Waals surface area contributed by atoms with Crippen molar-refractivity contribution >= 4 is 5.91 Å². The topological polar surface area (TPSA) is 84.8 Å². The summed E-state index contributed by atoms with van der Waals surface area (Å²) < 4.78 is 16.4. The standard InChI is InChI=1S/C17H19N3O4/c21-17(18-9-12-2-1-5-22-12)13-10-19-20-16(13)11-3-4-14-15(8-11)24-7-6-23-14/h1-5,8,13,16,19-20H,6-7,9-10H2,(H,18,21). The van der Waals surface area contributed by atoms with Crippen LogP contribution in [-0.4, -0.2) is 25.7 Å². The molecule has 1 saturated heterocycles. The zero-order valence-electron chi connectivity index (χ0n) is 13.1. The molecule has 2 aliphatic rings. The van der Waals surface area contributed by atoms with E-state index in [0.29, 0.717) is 26.3 Å². The molecule has 0 radical (unpaired) electrons. The van der Waals surface area contributed by atoms with Gasteiger partial charge in [0.05, 0.1) is 24.8 Å². The third-order valence-electron chi connectivity index (χ3n) is 4.26. The molecule has 2 aromatic rings. The summed E-state index contributed by atoms with van der Waals surface area (Å²) >= 11 is 0. The number of hydrogen-bond donors (Lipinski definition) is 3. The lowest BCUT2D eigenvalue weighted by Gasteiger charge is -2.22. The van der Waals surface area contributed by atoms with E-state index in [-0.39, 0.29) is 17.9 Å². The maximum Gasteiger partial charge on any atom is 0.226 e. The Bertz CT molecular complexity index is 717. The van der Waals surface area contributed by atoms with Crippen molar-refractivity contribution in [3.8, 4) is 11.5 Å². The van der Waals surface area contributed by atoms with Crippen molar-refractivity contribution in [3.05, 3.63) is 47.9 Å². The number of furan rings is 1. The highest BCUT2D eigenvalue weighted by molar-refractivity contribution is 5.80. The molecule has 4 rings (SSSR count). The summed E-state index contributed by atoms with van der Waals surface area (Å²) in [5, 5.41) is 2.92. The first kappa shape index (κ1) is 15.0. The fourth-order valence-electron chi connectivity index (χ4n) is 3.03. The SMILES string of the molecule is O=C(NCc1ccco1)C1CNNC1c1ccc2c(c1)OCCO2. The van der Waals surface area contributed by atoms with Gasteiger partial charge in [-0.25, -0.2) is 5.43 Å². The molecule has 1 amide bonds. The Hall–Kier alpha value is -2.51. The van der Waals surface area contributed by atoms with E-state index in [0.717, 1.165) is 22.8 Å². The van der Waals surface area contributed by atoms with Crippen molar-refractivity contribution in [2.24, 2.45) is 5.92 Å². The highest BCUT2D eigenvalue weighted by Crippen LogP contribution is 2.35. The van der Waals surface area contributed by atoms with E-state index in [1.807, 2.05) is 24.3 Å². The monoisotopic (exact) mass is 329 g/mol. The van der Waals surface area contributed by atoms with Gasteiger partial charge in [0.25, 0.3) is 0 Å². The van der Waals surface area contributed by atoms with E-state index in [4.69, 9.17) is 13.9 Å². The van der Waals surface area contributed by atoms with Crippen LogP contribution in [0, 0.1) is 5.92 Å². The van der Waals surface area contributed by atoms with Crippen molar-refractivity contribution in [2.45, 2.75) is 12.6 Å². The van der Waals surface area contributed by atoms with Crippen LogP contribution in [0.2, 0.25) is 0 Å². The zero-order valence-corrected chi connectivity index (χ0v) is 13.1. The molecule has 1 aromatic carbocycles. The third-order valence-corrected chi connectivity index (χ3v) is 4.26. The molecule has 2 aliphatic heterocycles. The molecule has 1 aromatic heterocycles. The Balaban J connectivity index is 1.47. The number of carbonyl (C=O) groups excluding carboxylic acids is 1. The molecule has 0 spiro atoms. The van der Waals surface area contributed by atoms with Crippen molar-refractivity contribution < 1.29 is 18.7 Å². The van der Waals surface area contributed by atoms with Gasteiger partial charge < -0.3 is 19.2 Å². The summed E-state index contributed by atoms with van der Waals surface area (Å²) in [6.45, 7) is 2.05. The highest BCUT2D eigenvalue weighted by atomic mass is 16.6. The maximum absolute atomic E-state index is 12.5. The van der Waals surface area contributed by atoms with Gasteiger partial charge in [-0.15, -0.1) is 0 Å². The fourth-order valence-corrected chi connectivity index (χ4v) is 3.03. The van der Waals surface area contributed by atoms with Crippen molar-refractivity contribution in [1.29, 1.82) is 0 Å². The number of fused-ring (bicyclic) bond motifs is 1. The Morgan fingerprint density at radius 1 is 1.21 bits per heavy atom. The fraction of sp³-hybridized carbons (Fsp3) is 0.353. The molecule has 0 bridgehead atoms. The molecule has 3 heterocycles. The second-order valence-corrected chi connectivity index (χ2v) is 5.81. The van der Waals surface area contributed by atoms with Crippen molar-refractivity contribution in [2.75, 3.05) is 19.8 Å².